The van der Waals surface area contributed by atoms with Crippen LogP contribution >= 0.6 is 11.6 Å². The molecule has 134 valence electrons. The van der Waals surface area contributed by atoms with E-state index in [0.29, 0.717) is 16.3 Å². The van der Waals surface area contributed by atoms with Gasteiger partial charge >= 0.3 is 0 Å². The molecule has 0 fully saturated rings. The topological polar surface area (TPSA) is 79.4 Å². The maximum absolute atomic E-state index is 12.5. The Morgan fingerprint density at radius 3 is 2.52 bits per heavy atom. The Balaban J connectivity index is 2.25. The number of carbonyl (C=O) groups excluding carboxylic acids is 1. The average Bonchev–Trinajstić information content (AvgIpc) is 2.55. The molecule has 1 aromatic carbocycles. The van der Waals surface area contributed by atoms with Crippen molar-refractivity contribution in [1.82, 2.24) is 10.3 Å². The highest BCUT2D eigenvalue weighted by molar-refractivity contribution is 7.92. The van der Waals surface area contributed by atoms with Gasteiger partial charge < -0.3 is 5.32 Å². The second kappa shape index (κ2) is 7.84. The second-order valence-electron chi connectivity index (χ2n) is 5.74. The summed E-state index contributed by atoms with van der Waals surface area (Å²) in [4.78, 5) is 16.4. The summed E-state index contributed by atoms with van der Waals surface area (Å²) in [6.07, 6.45) is 4.33. The molecule has 6 nitrogen and oxygen atoms in total. The van der Waals surface area contributed by atoms with Gasteiger partial charge in [-0.05, 0) is 49.2 Å². The van der Waals surface area contributed by atoms with E-state index < -0.39 is 22.0 Å². The summed E-state index contributed by atoms with van der Waals surface area (Å²) < 4.78 is 25.7. The van der Waals surface area contributed by atoms with Crippen molar-refractivity contribution in [3.63, 3.8) is 0 Å². The zero-order valence-corrected chi connectivity index (χ0v) is 15.8. The lowest BCUT2D eigenvalue weighted by atomic mass is 10.1. The Labute approximate surface area is 152 Å². The second-order valence-corrected chi connectivity index (χ2v) is 8.03. The number of sulfonamides is 1. The summed E-state index contributed by atoms with van der Waals surface area (Å²) in [7, 11) is -3.68. The standard InChI is InChI=1S/C17H20ClN3O3S/c1-12-4-5-15(18)10-16(12)21(25(3,23)24)13(2)17(22)20-11-14-6-8-19-9-7-14/h4-10,13H,11H2,1-3H3,(H,20,22)/t13-/m0/s1. The molecule has 1 N–H and O–H groups in total. The van der Waals surface area contributed by atoms with Gasteiger partial charge in [0.1, 0.15) is 6.04 Å². The summed E-state index contributed by atoms with van der Waals surface area (Å²) in [5.74, 6) is -0.401. The Hall–Kier alpha value is -2.12. The number of hydrogen-bond acceptors (Lipinski definition) is 4. The number of nitrogens with one attached hydrogen (secondary N) is 1. The van der Waals surface area contributed by atoms with E-state index in [0.717, 1.165) is 16.1 Å². The molecule has 0 radical (unpaired) electrons. The van der Waals surface area contributed by atoms with Gasteiger partial charge in [-0.25, -0.2) is 8.42 Å². The monoisotopic (exact) mass is 381 g/mol. The number of aromatic nitrogens is 1. The largest absolute Gasteiger partial charge is 0.350 e. The molecular weight excluding hydrogens is 362 g/mol. The van der Waals surface area contributed by atoms with Crippen LogP contribution in [0, 0.1) is 6.92 Å². The smallest absolute Gasteiger partial charge is 0.243 e. The quantitative estimate of drug-likeness (QED) is 0.833. The molecule has 0 aliphatic carbocycles. The summed E-state index contributed by atoms with van der Waals surface area (Å²) >= 11 is 6.01. The van der Waals surface area contributed by atoms with Crippen molar-refractivity contribution in [2.75, 3.05) is 10.6 Å². The third-order valence-electron chi connectivity index (χ3n) is 3.71. The lowest BCUT2D eigenvalue weighted by Crippen LogP contribution is -2.48. The Kier molecular flexibility index (Phi) is 6.02. The van der Waals surface area contributed by atoms with Crippen LogP contribution in [0.1, 0.15) is 18.1 Å². The van der Waals surface area contributed by atoms with Crippen molar-refractivity contribution in [2.24, 2.45) is 0 Å². The van der Waals surface area contributed by atoms with Gasteiger partial charge in [0.2, 0.25) is 15.9 Å². The van der Waals surface area contributed by atoms with Crippen molar-refractivity contribution in [1.29, 1.82) is 0 Å². The fourth-order valence-electron chi connectivity index (χ4n) is 2.44. The van der Waals surface area contributed by atoms with E-state index in [2.05, 4.69) is 10.3 Å². The molecule has 2 rings (SSSR count). The molecule has 1 heterocycles. The first-order valence-corrected chi connectivity index (χ1v) is 9.85. The fraction of sp³-hybridized carbons (Fsp3) is 0.294. The number of benzene rings is 1. The van der Waals surface area contributed by atoms with E-state index in [4.69, 9.17) is 11.6 Å². The fourth-order valence-corrected chi connectivity index (χ4v) is 3.83. The van der Waals surface area contributed by atoms with Crippen molar-refractivity contribution >= 4 is 33.2 Å². The first-order chi connectivity index (χ1) is 11.7. The average molecular weight is 382 g/mol. The van der Waals surface area contributed by atoms with Gasteiger partial charge in [-0.1, -0.05) is 17.7 Å². The molecular formula is C17H20ClN3O3S. The molecule has 1 aromatic heterocycles. The van der Waals surface area contributed by atoms with Gasteiger partial charge in [-0.3, -0.25) is 14.1 Å². The molecule has 0 unspecified atom stereocenters. The predicted molar refractivity (Wildman–Crippen MR) is 99.1 cm³/mol. The van der Waals surface area contributed by atoms with Gasteiger partial charge in [0.25, 0.3) is 0 Å². The van der Waals surface area contributed by atoms with Gasteiger partial charge in [0.05, 0.1) is 11.9 Å². The Morgan fingerprint density at radius 1 is 1.28 bits per heavy atom. The van der Waals surface area contributed by atoms with E-state index in [1.807, 2.05) is 0 Å². The van der Waals surface area contributed by atoms with Crippen LogP contribution in [0.25, 0.3) is 0 Å². The van der Waals surface area contributed by atoms with Crippen molar-refractivity contribution in [3.05, 3.63) is 58.9 Å². The molecule has 0 aliphatic heterocycles. The molecule has 1 amide bonds. The van der Waals surface area contributed by atoms with Gasteiger partial charge in [-0.15, -0.1) is 0 Å². The van der Waals surface area contributed by atoms with E-state index in [-0.39, 0.29) is 6.54 Å². The molecule has 0 aliphatic rings. The van der Waals surface area contributed by atoms with Crippen LogP contribution in [0.4, 0.5) is 5.69 Å². The van der Waals surface area contributed by atoms with E-state index in [1.54, 1.807) is 56.6 Å². The zero-order valence-electron chi connectivity index (χ0n) is 14.2. The first kappa shape index (κ1) is 19.2. The number of aryl methyl sites for hydroxylation is 1. The number of amides is 1. The van der Waals surface area contributed by atoms with Crippen LogP contribution in [-0.2, 0) is 21.4 Å². The number of nitrogens with zero attached hydrogens (tertiary/aromatic N) is 2. The number of pyridine rings is 1. The first-order valence-electron chi connectivity index (χ1n) is 7.62. The van der Waals surface area contributed by atoms with Gasteiger partial charge in [0.15, 0.2) is 0 Å². The highest BCUT2D eigenvalue weighted by Gasteiger charge is 2.30. The molecule has 25 heavy (non-hydrogen) atoms. The van der Waals surface area contributed by atoms with E-state index in [9.17, 15) is 13.2 Å². The third-order valence-corrected chi connectivity index (χ3v) is 5.18. The number of anilines is 1. The number of rotatable bonds is 6. The van der Waals surface area contributed by atoms with Crippen LogP contribution in [-0.4, -0.2) is 31.6 Å². The van der Waals surface area contributed by atoms with Gasteiger partial charge in [0, 0.05) is 24.0 Å². The minimum absolute atomic E-state index is 0.290. The lowest BCUT2D eigenvalue weighted by Gasteiger charge is -2.29. The lowest BCUT2D eigenvalue weighted by molar-refractivity contribution is -0.122. The maximum atomic E-state index is 12.5. The number of halogens is 1. The molecule has 8 heteroatoms. The highest BCUT2D eigenvalue weighted by atomic mass is 35.5. The van der Waals surface area contributed by atoms with Crippen LogP contribution in [0.2, 0.25) is 5.02 Å². The van der Waals surface area contributed by atoms with Crippen LogP contribution in [0.5, 0.6) is 0 Å². The highest BCUT2D eigenvalue weighted by Crippen LogP contribution is 2.28. The SMILES string of the molecule is Cc1ccc(Cl)cc1N([C@@H](C)C(=O)NCc1ccncc1)S(C)(=O)=O. The summed E-state index contributed by atoms with van der Waals surface area (Å²) in [6.45, 7) is 3.60. The van der Waals surface area contributed by atoms with E-state index in [1.165, 1.54) is 0 Å². The molecule has 0 saturated heterocycles. The minimum Gasteiger partial charge on any atom is -0.350 e. The summed E-state index contributed by atoms with van der Waals surface area (Å²) in [6, 6.07) is 7.58. The Bertz CT molecular complexity index is 857. The number of carbonyl (C=O) groups is 1. The molecule has 0 saturated carbocycles. The summed E-state index contributed by atoms with van der Waals surface area (Å²) in [5.41, 5.74) is 1.98. The predicted octanol–water partition coefficient (Wildman–Crippen LogP) is 2.51. The third kappa shape index (κ3) is 4.93. The van der Waals surface area contributed by atoms with Crippen molar-refractivity contribution < 1.29 is 13.2 Å². The van der Waals surface area contributed by atoms with Crippen LogP contribution in [0.15, 0.2) is 42.7 Å². The van der Waals surface area contributed by atoms with E-state index >= 15 is 0 Å². The number of hydrogen-bond donors (Lipinski definition) is 1. The van der Waals surface area contributed by atoms with Crippen molar-refractivity contribution in [2.45, 2.75) is 26.4 Å². The molecule has 0 spiro atoms. The van der Waals surface area contributed by atoms with Gasteiger partial charge in [-0.2, -0.15) is 0 Å². The maximum Gasteiger partial charge on any atom is 0.243 e. The summed E-state index contributed by atoms with van der Waals surface area (Å²) in [5, 5.41) is 3.15. The molecule has 2 aromatic rings. The molecule has 0 bridgehead atoms. The zero-order chi connectivity index (χ0) is 18.6. The molecule has 1 atom stereocenters. The van der Waals surface area contributed by atoms with Crippen LogP contribution < -0.4 is 9.62 Å². The van der Waals surface area contributed by atoms with Crippen LogP contribution in [0.3, 0.4) is 0 Å². The van der Waals surface area contributed by atoms with Crippen molar-refractivity contribution in [3.8, 4) is 0 Å². The Morgan fingerprint density at radius 2 is 1.92 bits per heavy atom. The normalized spacial score (nSPS) is 12.5. The minimum atomic E-state index is -3.68.